The van der Waals surface area contributed by atoms with Crippen molar-refractivity contribution in [1.82, 2.24) is 9.80 Å². The zero-order valence-corrected chi connectivity index (χ0v) is 16.2. The molecule has 3 rings (SSSR count). The van der Waals surface area contributed by atoms with Gasteiger partial charge in [0.15, 0.2) is 5.03 Å². The molecule has 0 aliphatic carbocycles. The second-order valence-electron chi connectivity index (χ2n) is 7.23. The first-order valence-electron chi connectivity index (χ1n) is 9.55. The lowest BCUT2D eigenvalue weighted by atomic mass is 9.98. The molecule has 2 aliphatic rings. The number of carbonyl (C=O) groups is 1. The summed E-state index contributed by atoms with van der Waals surface area (Å²) in [7, 11) is 0. The van der Waals surface area contributed by atoms with Crippen molar-refractivity contribution in [2.45, 2.75) is 26.9 Å². The molecule has 1 aromatic carbocycles. The van der Waals surface area contributed by atoms with Crippen molar-refractivity contribution in [3.8, 4) is 0 Å². The van der Waals surface area contributed by atoms with E-state index in [1.165, 1.54) is 10.5 Å². The molecule has 2 aliphatic heterocycles. The highest BCUT2D eigenvalue weighted by atomic mass is 16.7. The summed E-state index contributed by atoms with van der Waals surface area (Å²) in [4.78, 5) is 26.5. The molecule has 0 saturated carbocycles. The zero-order valence-electron chi connectivity index (χ0n) is 16.2. The summed E-state index contributed by atoms with van der Waals surface area (Å²) in [5.41, 5.74) is 2.07. The molecule has 152 valence electrons. The quantitative estimate of drug-likeness (QED) is 0.546. The predicted molar refractivity (Wildman–Crippen MR) is 102 cm³/mol. The number of rotatable bonds is 6. The molecule has 0 radical (unpaired) electrons. The molecule has 2 unspecified atom stereocenters. The van der Waals surface area contributed by atoms with Crippen molar-refractivity contribution >= 4 is 12.1 Å². The topological polar surface area (TPSA) is 97.5 Å². The van der Waals surface area contributed by atoms with Gasteiger partial charge in [-0.15, -0.1) is 0 Å². The Morgan fingerprint density at radius 2 is 2.00 bits per heavy atom. The normalized spacial score (nSPS) is 23.4. The van der Waals surface area contributed by atoms with Crippen molar-refractivity contribution in [3.05, 3.63) is 45.5 Å². The average molecular weight is 390 g/mol. The number of nitrogens with zero attached hydrogens (tertiary/aromatic N) is 4. The Hall–Kier alpha value is -2.68. The number of aryl methyl sites for hydroxylation is 1. The Balaban J connectivity index is 1.63. The van der Waals surface area contributed by atoms with E-state index in [1.807, 2.05) is 24.3 Å². The van der Waals surface area contributed by atoms with Crippen LogP contribution in [0, 0.1) is 22.0 Å². The summed E-state index contributed by atoms with van der Waals surface area (Å²) >= 11 is 0. The molecule has 1 aromatic rings. The third-order valence-electron chi connectivity index (χ3n) is 5.28. The third kappa shape index (κ3) is 4.78. The SMILES string of the molecule is CCc1ccc(COC(=O)N2CCN(CC3COCC3C)C2=N[N+](=O)[O-])cc1. The summed E-state index contributed by atoms with van der Waals surface area (Å²) in [6.45, 7) is 6.92. The maximum absolute atomic E-state index is 12.5. The van der Waals surface area contributed by atoms with Gasteiger partial charge >= 0.3 is 6.09 Å². The molecule has 9 nitrogen and oxygen atoms in total. The molecule has 2 fully saturated rings. The first-order valence-corrected chi connectivity index (χ1v) is 9.55. The van der Waals surface area contributed by atoms with E-state index in [4.69, 9.17) is 9.47 Å². The summed E-state index contributed by atoms with van der Waals surface area (Å²) in [6, 6.07) is 7.81. The van der Waals surface area contributed by atoms with Crippen LogP contribution < -0.4 is 0 Å². The van der Waals surface area contributed by atoms with Crippen molar-refractivity contribution in [2.24, 2.45) is 16.9 Å². The molecule has 0 N–H and O–H groups in total. The van der Waals surface area contributed by atoms with E-state index in [0.717, 1.165) is 12.0 Å². The smallest absolute Gasteiger partial charge is 0.417 e. The van der Waals surface area contributed by atoms with Gasteiger partial charge in [0.2, 0.25) is 0 Å². The van der Waals surface area contributed by atoms with Crippen LogP contribution in [-0.2, 0) is 22.5 Å². The summed E-state index contributed by atoms with van der Waals surface area (Å²) in [5.74, 6) is 0.657. The highest BCUT2D eigenvalue weighted by Crippen LogP contribution is 2.23. The minimum absolute atomic E-state index is 0.0374. The van der Waals surface area contributed by atoms with Crippen LogP contribution in [0.3, 0.4) is 0 Å². The Kier molecular flexibility index (Phi) is 6.45. The lowest BCUT2D eigenvalue weighted by Gasteiger charge is -2.23. The van der Waals surface area contributed by atoms with Crippen LogP contribution in [0.15, 0.2) is 29.4 Å². The second-order valence-corrected chi connectivity index (χ2v) is 7.23. The number of ether oxygens (including phenoxy) is 2. The van der Waals surface area contributed by atoms with Gasteiger partial charge in [-0.2, -0.15) is 0 Å². The molecule has 2 heterocycles. The summed E-state index contributed by atoms with van der Waals surface area (Å²) < 4.78 is 10.8. The number of benzene rings is 1. The maximum atomic E-state index is 12.5. The van der Waals surface area contributed by atoms with E-state index in [-0.39, 0.29) is 18.5 Å². The van der Waals surface area contributed by atoms with Crippen molar-refractivity contribution < 1.29 is 19.3 Å². The maximum Gasteiger partial charge on any atom is 0.417 e. The van der Waals surface area contributed by atoms with Gasteiger partial charge in [0.1, 0.15) is 11.7 Å². The molecule has 1 amide bonds. The lowest BCUT2D eigenvalue weighted by molar-refractivity contribution is -0.486. The van der Waals surface area contributed by atoms with Crippen LogP contribution >= 0.6 is 0 Å². The minimum atomic E-state index is -0.772. The van der Waals surface area contributed by atoms with E-state index in [9.17, 15) is 14.9 Å². The van der Waals surface area contributed by atoms with E-state index < -0.39 is 11.1 Å². The molecule has 0 spiro atoms. The van der Waals surface area contributed by atoms with Crippen LogP contribution in [0.25, 0.3) is 0 Å². The first kappa shape index (κ1) is 20.1. The fourth-order valence-corrected chi connectivity index (χ4v) is 3.44. The Morgan fingerprint density at radius 3 is 2.61 bits per heavy atom. The predicted octanol–water partition coefficient (Wildman–Crippen LogP) is 2.33. The third-order valence-corrected chi connectivity index (χ3v) is 5.28. The van der Waals surface area contributed by atoms with Crippen LogP contribution in [0.4, 0.5) is 4.79 Å². The molecule has 2 atom stereocenters. The molecule has 28 heavy (non-hydrogen) atoms. The van der Waals surface area contributed by atoms with Crippen molar-refractivity contribution in [1.29, 1.82) is 0 Å². The zero-order chi connectivity index (χ0) is 20.1. The number of amides is 1. The van der Waals surface area contributed by atoms with Gasteiger partial charge < -0.3 is 14.4 Å². The number of carbonyl (C=O) groups excluding carboxylic acids is 1. The van der Waals surface area contributed by atoms with Crippen molar-refractivity contribution in [2.75, 3.05) is 32.8 Å². The number of hydrogen-bond donors (Lipinski definition) is 0. The van der Waals surface area contributed by atoms with E-state index in [1.54, 1.807) is 4.90 Å². The molecule has 9 heteroatoms. The number of nitro groups is 1. The standard InChI is InChI=1S/C19H26N4O5/c1-3-15-4-6-16(7-5-15)12-28-19(24)22-9-8-21(18(22)20-23(25)26)10-17-13-27-11-14(17)2/h4-7,14,17H,3,8-13H2,1-2H3. The van der Waals surface area contributed by atoms with Gasteiger partial charge in [-0.3, -0.25) is 0 Å². The second kappa shape index (κ2) is 9.01. The largest absolute Gasteiger partial charge is 0.444 e. The number of hydrazone groups is 1. The molecule has 0 aromatic heterocycles. The van der Waals surface area contributed by atoms with E-state index in [0.29, 0.717) is 38.8 Å². The highest BCUT2D eigenvalue weighted by molar-refractivity contribution is 5.95. The fraction of sp³-hybridized carbons (Fsp3) is 0.579. The molecular weight excluding hydrogens is 364 g/mol. The monoisotopic (exact) mass is 390 g/mol. The van der Waals surface area contributed by atoms with Gasteiger partial charge in [-0.05, 0) is 23.5 Å². The number of guanidine groups is 1. The van der Waals surface area contributed by atoms with Gasteiger partial charge in [0.25, 0.3) is 5.96 Å². The first-order chi connectivity index (χ1) is 13.5. The van der Waals surface area contributed by atoms with Crippen LogP contribution in [-0.4, -0.2) is 59.7 Å². The summed E-state index contributed by atoms with van der Waals surface area (Å²) in [6.07, 6.45) is 0.313. The molecule has 0 bridgehead atoms. The van der Waals surface area contributed by atoms with Gasteiger partial charge in [0.05, 0.1) is 13.2 Å². The van der Waals surface area contributed by atoms with Gasteiger partial charge in [0, 0.05) is 25.6 Å². The van der Waals surface area contributed by atoms with E-state index >= 15 is 0 Å². The number of hydrogen-bond acceptors (Lipinski definition) is 5. The Bertz CT molecular complexity index is 736. The van der Waals surface area contributed by atoms with Crippen LogP contribution in [0.1, 0.15) is 25.0 Å². The Labute approximate surface area is 164 Å². The van der Waals surface area contributed by atoms with Crippen molar-refractivity contribution in [3.63, 3.8) is 0 Å². The van der Waals surface area contributed by atoms with Gasteiger partial charge in [-0.25, -0.2) is 19.8 Å². The molecular formula is C19H26N4O5. The van der Waals surface area contributed by atoms with Crippen LogP contribution in [0.5, 0.6) is 0 Å². The van der Waals surface area contributed by atoms with Crippen LogP contribution in [0.2, 0.25) is 0 Å². The highest BCUT2D eigenvalue weighted by Gasteiger charge is 2.38. The average Bonchev–Trinajstić information content (AvgIpc) is 3.26. The van der Waals surface area contributed by atoms with Gasteiger partial charge in [-0.1, -0.05) is 38.1 Å². The fourth-order valence-electron chi connectivity index (χ4n) is 3.44. The minimum Gasteiger partial charge on any atom is -0.444 e. The summed E-state index contributed by atoms with van der Waals surface area (Å²) in [5, 5.41) is 13.7. The molecule has 2 saturated heterocycles. The lowest BCUT2D eigenvalue weighted by Crippen LogP contribution is -2.41. The van der Waals surface area contributed by atoms with E-state index in [2.05, 4.69) is 18.9 Å². The Morgan fingerprint density at radius 1 is 1.29 bits per heavy atom.